The fourth-order valence-corrected chi connectivity index (χ4v) is 1.46. The summed E-state index contributed by atoms with van der Waals surface area (Å²) in [5, 5.41) is 4.35. The van der Waals surface area contributed by atoms with Crippen LogP contribution in [0, 0.1) is 6.92 Å². The summed E-state index contributed by atoms with van der Waals surface area (Å²) in [4.78, 5) is 0. The molecule has 0 saturated carbocycles. The van der Waals surface area contributed by atoms with Crippen molar-refractivity contribution in [2.75, 3.05) is 0 Å². The van der Waals surface area contributed by atoms with E-state index >= 15 is 0 Å². The Labute approximate surface area is 89.9 Å². The summed E-state index contributed by atoms with van der Waals surface area (Å²) in [6.45, 7) is 7.90. The summed E-state index contributed by atoms with van der Waals surface area (Å²) >= 11 is 0. The predicted octanol–water partition coefficient (Wildman–Crippen LogP) is 3.21. The molecule has 0 bridgehead atoms. The number of hydrogen-bond acceptors (Lipinski definition) is 1. The zero-order chi connectivity index (χ0) is 10.8. The first-order valence-electron chi connectivity index (χ1n) is 4.95. The fraction of sp³-hybridized carbons (Fsp3) is 0.154. The number of hydrogen-bond donors (Lipinski definition) is 0. The molecule has 76 valence electrons. The molecule has 2 aromatic rings. The minimum atomic E-state index is 1.03. The molecule has 0 radical (unpaired) electrons. The molecule has 15 heavy (non-hydrogen) atoms. The van der Waals surface area contributed by atoms with Gasteiger partial charge in [0, 0.05) is 6.20 Å². The van der Waals surface area contributed by atoms with Gasteiger partial charge in [-0.15, -0.1) is 0 Å². The molecule has 0 fully saturated rings. The van der Waals surface area contributed by atoms with Crippen molar-refractivity contribution in [2.24, 2.45) is 0 Å². The van der Waals surface area contributed by atoms with Gasteiger partial charge >= 0.3 is 0 Å². The summed E-state index contributed by atoms with van der Waals surface area (Å²) in [7, 11) is 0. The Morgan fingerprint density at radius 2 is 1.87 bits per heavy atom. The van der Waals surface area contributed by atoms with Gasteiger partial charge in [0.05, 0.1) is 11.4 Å². The highest BCUT2D eigenvalue weighted by molar-refractivity contribution is 5.62. The first-order valence-corrected chi connectivity index (χ1v) is 4.95. The smallest absolute Gasteiger partial charge is 0.0646 e. The van der Waals surface area contributed by atoms with Crippen molar-refractivity contribution in [3.05, 3.63) is 54.4 Å². The summed E-state index contributed by atoms with van der Waals surface area (Å²) < 4.78 is 1.87. The fourth-order valence-electron chi connectivity index (χ4n) is 1.46. The molecule has 1 aromatic carbocycles. The van der Waals surface area contributed by atoms with Crippen LogP contribution in [0.25, 0.3) is 11.3 Å². The van der Waals surface area contributed by atoms with E-state index in [0.717, 1.165) is 17.0 Å². The Hall–Kier alpha value is -1.83. The quantitative estimate of drug-likeness (QED) is 0.724. The Kier molecular flexibility index (Phi) is 2.42. The van der Waals surface area contributed by atoms with Gasteiger partial charge in [-0.2, -0.15) is 5.10 Å². The number of allylic oxidation sites excluding steroid dienone is 1. The van der Waals surface area contributed by atoms with Crippen LogP contribution in [0.1, 0.15) is 18.2 Å². The molecule has 0 aliphatic carbocycles. The second kappa shape index (κ2) is 3.73. The van der Waals surface area contributed by atoms with Crippen LogP contribution in [-0.4, -0.2) is 9.78 Å². The number of benzene rings is 1. The predicted molar refractivity (Wildman–Crippen MR) is 63.0 cm³/mol. The molecule has 2 nitrogen and oxygen atoms in total. The molecular weight excluding hydrogens is 184 g/mol. The van der Waals surface area contributed by atoms with Gasteiger partial charge in [0.25, 0.3) is 0 Å². The molecule has 0 atom stereocenters. The molecule has 0 amide bonds. The molecule has 1 heterocycles. The molecule has 2 heteroatoms. The van der Waals surface area contributed by atoms with Crippen molar-refractivity contribution in [2.45, 2.75) is 13.8 Å². The SMILES string of the molecule is C=C(C)c1ccc(-n2ccc(C)n2)cc1. The van der Waals surface area contributed by atoms with Crippen molar-refractivity contribution >= 4 is 5.57 Å². The van der Waals surface area contributed by atoms with Gasteiger partial charge in [0.2, 0.25) is 0 Å². The van der Waals surface area contributed by atoms with Crippen molar-refractivity contribution < 1.29 is 0 Å². The molecular formula is C13H14N2. The lowest BCUT2D eigenvalue weighted by Gasteiger charge is -2.03. The normalized spacial score (nSPS) is 10.3. The van der Waals surface area contributed by atoms with Gasteiger partial charge in [-0.05, 0) is 37.6 Å². The topological polar surface area (TPSA) is 17.8 Å². The third kappa shape index (κ3) is 1.99. The van der Waals surface area contributed by atoms with Gasteiger partial charge in [0.15, 0.2) is 0 Å². The zero-order valence-electron chi connectivity index (χ0n) is 9.07. The van der Waals surface area contributed by atoms with Crippen LogP contribution < -0.4 is 0 Å². The Morgan fingerprint density at radius 3 is 2.33 bits per heavy atom. The van der Waals surface area contributed by atoms with Gasteiger partial charge in [-0.3, -0.25) is 0 Å². The van der Waals surface area contributed by atoms with Crippen LogP contribution in [0.4, 0.5) is 0 Å². The maximum atomic E-state index is 4.35. The van der Waals surface area contributed by atoms with E-state index in [9.17, 15) is 0 Å². The average Bonchev–Trinajstić information content (AvgIpc) is 2.65. The van der Waals surface area contributed by atoms with E-state index in [0.29, 0.717) is 0 Å². The van der Waals surface area contributed by atoms with E-state index in [1.807, 2.05) is 30.8 Å². The first kappa shape index (κ1) is 9.71. The van der Waals surface area contributed by atoms with E-state index in [1.54, 1.807) is 0 Å². The summed E-state index contributed by atoms with van der Waals surface area (Å²) in [5.41, 5.74) is 4.35. The van der Waals surface area contributed by atoms with Crippen molar-refractivity contribution in [1.29, 1.82) is 0 Å². The van der Waals surface area contributed by atoms with Gasteiger partial charge in [-0.25, -0.2) is 4.68 Å². The van der Waals surface area contributed by atoms with E-state index in [1.165, 1.54) is 5.56 Å². The zero-order valence-corrected chi connectivity index (χ0v) is 9.07. The summed E-state index contributed by atoms with van der Waals surface area (Å²) in [5.74, 6) is 0. The van der Waals surface area contributed by atoms with E-state index in [-0.39, 0.29) is 0 Å². The highest BCUT2D eigenvalue weighted by Gasteiger charge is 1.98. The molecule has 0 N–H and O–H groups in total. The minimum absolute atomic E-state index is 1.03. The van der Waals surface area contributed by atoms with Crippen LogP contribution in [0.5, 0.6) is 0 Å². The average molecular weight is 198 g/mol. The largest absolute Gasteiger partial charge is 0.241 e. The van der Waals surface area contributed by atoms with Gasteiger partial charge in [0.1, 0.15) is 0 Å². The second-order valence-electron chi connectivity index (χ2n) is 3.73. The Morgan fingerprint density at radius 1 is 1.20 bits per heavy atom. The van der Waals surface area contributed by atoms with Crippen LogP contribution in [-0.2, 0) is 0 Å². The lowest BCUT2D eigenvalue weighted by molar-refractivity contribution is 0.862. The van der Waals surface area contributed by atoms with Crippen LogP contribution in [0.15, 0.2) is 43.1 Å². The highest BCUT2D eigenvalue weighted by atomic mass is 15.3. The number of nitrogens with zero attached hydrogens (tertiary/aromatic N) is 2. The summed E-state index contributed by atoms with van der Waals surface area (Å²) in [6, 6.07) is 10.2. The third-order valence-electron chi connectivity index (χ3n) is 2.35. The van der Waals surface area contributed by atoms with Crippen molar-refractivity contribution in [1.82, 2.24) is 9.78 Å². The molecule has 2 rings (SSSR count). The third-order valence-corrected chi connectivity index (χ3v) is 2.35. The number of aryl methyl sites for hydroxylation is 1. The molecule has 0 saturated heterocycles. The number of aromatic nitrogens is 2. The standard InChI is InChI=1S/C13H14N2/c1-10(2)12-4-6-13(7-5-12)15-9-8-11(3)14-15/h4-9H,1H2,2-3H3. The van der Waals surface area contributed by atoms with Gasteiger partial charge < -0.3 is 0 Å². The molecule has 0 unspecified atom stereocenters. The van der Waals surface area contributed by atoms with E-state index < -0.39 is 0 Å². The van der Waals surface area contributed by atoms with Crippen LogP contribution in [0.3, 0.4) is 0 Å². The van der Waals surface area contributed by atoms with Crippen molar-refractivity contribution in [3.8, 4) is 5.69 Å². The number of rotatable bonds is 2. The molecule has 0 aliphatic rings. The molecule has 0 aliphatic heterocycles. The monoisotopic (exact) mass is 198 g/mol. The van der Waals surface area contributed by atoms with Crippen molar-refractivity contribution in [3.63, 3.8) is 0 Å². The second-order valence-corrected chi connectivity index (χ2v) is 3.73. The first-order chi connectivity index (χ1) is 7.16. The minimum Gasteiger partial charge on any atom is -0.241 e. The lowest BCUT2D eigenvalue weighted by Crippen LogP contribution is -1.94. The molecule has 0 spiro atoms. The maximum absolute atomic E-state index is 4.35. The maximum Gasteiger partial charge on any atom is 0.0646 e. The molecule has 1 aromatic heterocycles. The summed E-state index contributed by atoms with van der Waals surface area (Å²) in [6.07, 6.45) is 1.96. The Balaban J connectivity index is 2.35. The Bertz CT molecular complexity index is 477. The van der Waals surface area contributed by atoms with Crippen LogP contribution in [0.2, 0.25) is 0 Å². The highest BCUT2D eigenvalue weighted by Crippen LogP contribution is 2.14. The van der Waals surface area contributed by atoms with Crippen LogP contribution >= 0.6 is 0 Å². The van der Waals surface area contributed by atoms with Gasteiger partial charge in [-0.1, -0.05) is 24.3 Å². The lowest BCUT2D eigenvalue weighted by atomic mass is 10.1. The van der Waals surface area contributed by atoms with E-state index in [2.05, 4.69) is 35.9 Å². The van der Waals surface area contributed by atoms with E-state index in [4.69, 9.17) is 0 Å².